The van der Waals surface area contributed by atoms with E-state index in [1.807, 2.05) is 0 Å². The highest BCUT2D eigenvalue weighted by molar-refractivity contribution is 5.70. The average molecular weight is 373 g/mol. The Hall–Kier alpha value is -0.670. The molecule has 0 radical (unpaired) electrons. The predicted octanol–water partition coefficient (Wildman–Crippen LogP) is 7.07. The van der Waals surface area contributed by atoms with Gasteiger partial charge in [0.15, 0.2) is 0 Å². The van der Waals surface area contributed by atoms with Crippen molar-refractivity contribution in [2.24, 2.45) is 23.2 Å². The number of aliphatic carboxylic acids is 1. The van der Waals surface area contributed by atoms with Gasteiger partial charge in [0.25, 0.3) is 0 Å². The summed E-state index contributed by atoms with van der Waals surface area (Å²) in [4.78, 5) is 11.2. The number of carboxylic acids is 1. The van der Waals surface area contributed by atoms with Crippen LogP contribution in [0, 0.1) is 23.2 Å². The summed E-state index contributed by atoms with van der Waals surface area (Å²) in [5.41, 5.74) is -0.299. The van der Waals surface area contributed by atoms with Crippen LogP contribution in [0.3, 0.4) is 0 Å². The molecule has 2 saturated carbocycles. The van der Waals surface area contributed by atoms with Gasteiger partial charge in [0.05, 0.1) is 5.92 Å². The van der Waals surface area contributed by atoms with Crippen molar-refractivity contribution in [2.75, 3.05) is 0 Å². The summed E-state index contributed by atoms with van der Waals surface area (Å²) in [5, 5.41) is 9.22. The molecule has 2 fully saturated rings. The van der Waals surface area contributed by atoms with Crippen LogP contribution in [0.15, 0.2) is 0 Å². The summed E-state index contributed by atoms with van der Waals surface area (Å²) in [7, 11) is 0. The van der Waals surface area contributed by atoms with Crippen LogP contribution in [0.25, 0.3) is 0 Å². The van der Waals surface area contributed by atoms with E-state index in [1.165, 1.54) is 51.4 Å². The van der Waals surface area contributed by atoms with Crippen LogP contribution in [0.2, 0.25) is 0 Å². The van der Waals surface area contributed by atoms with Gasteiger partial charge in [-0.3, -0.25) is 4.79 Å². The van der Waals surface area contributed by atoms with Crippen molar-refractivity contribution in [1.82, 2.24) is 0 Å². The molecule has 1 N–H and O–H groups in total. The van der Waals surface area contributed by atoms with Gasteiger partial charge in [0.2, 0.25) is 6.43 Å². The molecule has 0 heterocycles. The van der Waals surface area contributed by atoms with Gasteiger partial charge in [-0.1, -0.05) is 58.3 Å². The van der Waals surface area contributed by atoms with Crippen LogP contribution in [0.5, 0.6) is 0 Å². The van der Waals surface area contributed by atoms with Crippen LogP contribution < -0.4 is 0 Å². The van der Waals surface area contributed by atoms with Crippen molar-refractivity contribution in [2.45, 2.75) is 110 Å². The van der Waals surface area contributed by atoms with E-state index >= 15 is 0 Å². The fraction of sp³-hybridized carbons (Fsp3) is 0.955. The van der Waals surface area contributed by atoms with Gasteiger partial charge >= 0.3 is 5.97 Å². The second-order valence-corrected chi connectivity index (χ2v) is 8.99. The summed E-state index contributed by atoms with van der Waals surface area (Å²) >= 11 is 0. The lowest BCUT2D eigenvalue weighted by Crippen LogP contribution is -2.40. The standard InChI is InChI=1S/C22H38F2O2/c1-2-3-4-5-6-7-17-8-10-19(11-9-17)22(16-20(23)24)14-12-18(13-15-22)21(25)26/h17-20H,2-16H2,1H3,(H,25,26). The normalized spacial score (nSPS) is 32.7. The molecular formula is C22H38F2O2. The van der Waals surface area contributed by atoms with Gasteiger partial charge in [-0.25, -0.2) is 8.78 Å². The number of rotatable bonds is 10. The predicted molar refractivity (Wildman–Crippen MR) is 101 cm³/mol. The smallest absolute Gasteiger partial charge is 0.306 e. The van der Waals surface area contributed by atoms with Crippen molar-refractivity contribution in [3.63, 3.8) is 0 Å². The molecule has 26 heavy (non-hydrogen) atoms. The monoisotopic (exact) mass is 372 g/mol. The second-order valence-electron chi connectivity index (χ2n) is 8.99. The Morgan fingerprint density at radius 1 is 1.00 bits per heavy atom. The highest BCUT2D eigenvalue weighted by Crippen LogP contribution is 2.53. The second kappa shape index (κ2) is 10.6. The Kier molecular flexibility index (Phi) is 8.83. The molecule has 2 aliphatic rings. The topological polar surface area (TPSA) is 37.3 Å². The number of alkyl halides is 2. The Morgan fingerprint density at radius 2 is 1.62 bits per heavy atom. The number of carboxylic acid groups (broad SMARTS) is 1. The third-order valence-electron chi connectivity index (χ3n) is 7.32. The lowest BCUT2D eigenvalue weighted by atomic mass is 9.57. The molecule has 0 aromatic rings. The largest absolute Gasteiger partial charge is 0.481 e. The van der Waals surface area contributed by atoms with E-state index in [4.69, 9.17) is 0 Å². The number of hydrogen-bond acceptors (Lipinski definition) is 1. The molecule has 0 aliphatic heterocycles. The molecule has 0 saturated heterocycles. The van der Waals surface area contributed by atoms with Gasteiger partial charge in [0.1, 0.15) is 0 Å². The zero-order chi connectivity index (χ0) is 19.0. The Morgan fingerprint density at radius 3 is 2.15 bits per heavy atom. The van der Waals surface area contributed by atoms with E-state index in [1.54, 1.807) is 0 Å². The first kappa shape index (κ1) is 21.6. The lowest BCUT2D eigenvalue weighted by molar-refractivity contribution is -0.144. The van der Waals surface area contributed by atoms with Gasteiger partial charge in [-0.2, -0.15) is 0 Å². The summed E-state index contributed by atoms with van der Waals surface area (Å²) in [5.74, 6) is 0.0945. The van der Waals surface area contributed by atoms with E-state index in [-0.39, 0.29) is 17.8 Å². The van der Waals surface area contributed by atoms with Crippen LogP contribution >= 0.6 is 0 Å². The quantitative estimate of drug-likeness (QED) is 0.416. The molecule has 152 valence electrons. The molecule has 2 rings (SSSR count). The Labute approximate surface area is 158 Å². The average Bonchev–Trinajstić information content (AvgIpc) is 2.62. The first-order valence-electron chi connectivity index (χ1n) is 11.0. The lowest BCUT2D eigenvalue weighted by Gasteiger charge is -2.47. The molecule has 0 unspecified atom stereocenters. The van der Waals surface area contributed by atoms with E-state index in [2.05, 4.69) is 6.92 Å². The highest BCUT2D eigenvalue weighted by atomic mass is 19.3. The van der Waals surface area contributed by atoms with Crippen molar-refractivity contribution in [3.8, 4) is 0 Å². The molecule has 2 aliphatic carbocycles. The van der Waals surface area contributed by atoms with Crippen LogP contribution in [-0.2, 0) is 4.79 Å². The third kappa shape index (κ3) is 6.20. The SMILES string of the molecule is CCCCCCCC1CCC(C2(CC(F)F)CCC(C(=O)O)CC2)CC1. The van der Waals surface area contributed by atoms with Crippen LogP contribution in [0.1, 0.15) is 103 Å². The maximum absolute atomic E-state index is 13.3. The van der Waals surface area contributed by atoms with Gasteiger partial charge in [-0.15, -0.1) is 0 Å². The summed E-state index contributed by atoms with van der Waals surface area (Å²) in [6.45, 7) is 2.24. The van der Waals surface area contributed by atoms with Crippen molar-refractivity contribution in [1.29, 1.82) is 0 Å². The Bertz CT molecular complexity index is 408. The molecule has 4 heteroatoms. The first-order valence-corrected chi connectivity index (χ1v) is 11.0. The van der Waals surface area contributed by atoms with Crippen molar-refractivity contribution in [3.05, 3.63) is 0 Å². The first-order chi connectivity index (χ1) is 12.5. The Balaban J connectivity index is 1.82. The number of hydrogen-bond donors (Lipinski definition) is 1. The van der Waals surface area contributed by atoms with E-state index in [0.29, 0.717) is 31.6 Å². The van der Waals surface area contributed by atoms with E-state index < -0.39 is 12.4 Å². The molecule has 0 aromatic carbocycles. The third-order valence-corrected chi connectivity index (χ3v) is 7.32. The molecule has 0 aromatic heterocycles. The van der Waals surface area contributed by atoms with E-state index in [9.17, 15) is 18.7 Å². The maximum atomic E-state index is 13.3. The van der Waals surface area contributed by atoms with Crippen LogP contribution in [0.4, 0.5) is 8.78 Å². The highest BCUT2D eigenvalue weighted by Gasteiger charge is 2.45. The van der Waals surface area contributed by atoms with Gasteiger partial charge in [-0.05, 0) is 55.8 Å². The summed E-state index contributed by atoms with van der Waals surface area (Å²) < 4.78 is 26.6. The number of carbonyl (C=O) groups is 1. The van der Waals surface area contributed by atoms with E-state index in [0.717, 1.165) is 18.8 Å². The molecule has 2 nitrogen and oxygen atoms in total. The minimum Gasteiger partial charge on any atom is -0.481 e. The maximum Gasteiger partial charge on any atom is 0.306 e. The molecule has 0 atom stereocenters. The minimum atomic E-state index is -2.27. The fourth-order valence-electron chi connectivity index (χ4n) is 5.63. The number of unbranched alkanes of at least 4 members (excludes halogenated alkanes) is 4. The van der Waals surface area contributed by atoms with Crippen molar-refractivity contribution >= 4 is 5.97 Å². The zero-order valence-electron chi connectivity index (χ0n) is 16.5. The number of halogens is 2. The minimum absolute atomic E-state index is 0.0221. The fourth-order valence-corrected chi connectivity index (χ4v) is 5.63. The summed E-state index contributed by atoms with van der Waals surface area (Å²) in [6, 6.07) is 0. The molecule has 0 spiro atoms. The zero-order valence-corrected chi connectivity index (χ0v) is 16.5. The molecular weight excluding hydrogens is 334 g/mol. The van der Waals surface area contributed by atoms with Crippen LogP contribution in [-0.4, -0.2) is 17.5 Å². The molecule has 0 amide bonds. The van der Waals surface area contributed by atoms with Gasteiger partial charge in [0, 0.05) is 6.42 Å². The summed E-state index contributed by atoms with van der Waals surface area (Å²) in [6.07, 6.45) is 12.7. The molecule has 0 bridgehead atoms. The van der Waals surface area contributed by atoms with Gasteiger partial charge < -0.3 is 5.11 Å². The van der Waals surface area contributed by atoms with Crippen molar-refractivity contribution < 1.29 is 18.7 Å².